The van der Waals surface area contributed by atoms with E-state index in [1.807, 2.05) is 6.92 Å². The van der Waals surface area contributed by atoms with Crippen LogP contribution >= 0.6 is 11.6 Å². The topological polar surface area (TPSA) is 356 Å². The van der Waals surface area contributed by atoms with Gasteiger partial charge in [0.05, 0.1) is 29.5 Å². The SMILES string of the molecule is CC1=C2[C@@H](C)C(=O)[C@@]3(C)[C@H]([C@H](OC(=O)c4ccccc4)[C@](O)(C[C@@H]1OC(=O)[C@H](OC(=O)CCC(=O)NCCCCC(NC(=O)CC[C@H](CC(=O)C(C)NC(=O)/C=C/c1ccc(Cl)cc1F)C(N)=O)C(N)=O)[C@@H](NC(=O)c1ccccc1)c1ccccc1)C2(C)C)[C@]1(C)CC[C@@H]1C[C@@H]3O. The van der Waals surface area contributed by atoms with Crippen molar-refractivity contribution < 1.29 is 81.6 Å². The Labute approximate surface area is 574 Å². The molecule has 0 spiro atoms. The number of esters is 3. The van der Waals surface area contributed by atoms with Gasteiger partial charge in [-0.3, -0.25) is 43.2 Å². The average Bonchev–Trinajstić information content (AvgIpc) is 0.674. The molecule has 3 saturated carbocycles. The second kappa shape index (κ2) is 31.7. The van der Waals surface area contributed by atoms with Crippen LogP contribution < -0.4 is 32.7 Å². The van der Waals surface area contributed by atoms with Crippen LogP contribution in [-0.2, 0) is 57.4 Å². The van der Waals surface area contributed by atoms with Crippen molar-refractivity contribution in [3.05, 3.63) is 160 Å². The van der Waals surface area contributed by atoms with Crippen LogP contribution in [0.3, 0.4) is 0 Å². The first-order valence-corrected chi connectivity index (χ1v) is 33.5. The first-order chi connectivity index (χ1) is 46.3. The summed E-state index contributed by atoms with van der Waals surface area (Å²) >= 11 is 5.78. The number of carbonyl (C=O) groups is 11. The molecular weight excluding hydrogens is 1280 g/mol. The Balaban J connectivity index is 0.929. The number of hydrogen-bond acceptors (Lipinski definition) is 16. The summed E-state index contributed by atoms with van der Waals surface area (Å²) in [6.07, 6.45) is -3.84. The van der Waals surface area contributed by atoms with Crippen LogP contribution in [0.25, 0.3) is 6.08 Å². The van der Waals surface area contributed by atoms with Crippen molar-refractivity contribution in [2.45, 2.75) is 174 Å². The van der Waals surface area contributed by atoms with Crippen LogP contribution in [0, 0.1) is 45.7 Å². The number of ether oxygens (including phenoxy) is 3. The molecule has 2 unspecified atom stereocenters. The number of aliphatic hydroxyl groups is 2. The molecule has 98 heavy (non-hydrogen) atoms. The van der Waals surface area contributed by atoms with Gasteiger partial charge in [0.1, 0.15) is 41.5 Å². The lowest BCUT2D eigenvalue weighted by atomic mass is 9.37. The van der Waals surface area contributed by atoms with Crippen LogP contribution in [0.15, 0.2) is 126 Å². The Hall–Kier alpha value is -8.93. The summed E-state index contributed by atoms with van der Waals surface area (Å²) < 4.78 is 33.3. The normalized spacial score (nSPS) is 25.3. The Morgan fingerprint density at radius 3 is 2.04 bits per heavy atom. The molecule has 4 aliphatic rings. The molecule has 0 aliphatic heterocycles. The molecule has 4 aliphatic carbocycles. The maximum Gasteiger partial charge on any atom is 0.350 e. The van der Waals surface area contributed by atoms with Crippen molar-refractivity contribution in [3.63, 3.8) is 0 Å². The number of rotatable bonds is 29. The van der Waals surface area contributed by atoms with Gasteiger partial charge in [0, 0.05) is 77.6 Å². The summed E-state index contributed by atoms with van der Waals surface area (Å²) in [5.74, 6) is -12.1. The fourth-order valence-corrected chi connectivity index (χ4v) is 15.3. The molecular formula is C74H88ClFN6O16. The number of ketones is 2. The Bertz CT molecular complexity index is 3740. The van der Waals surface area contributed by atoms with Gasteiger partial charge in [0.2, 0.25) is 35.6 Å². The summed E-state index contributed by atoms with van der Waals surface area (Å²) in [4.78, 5) is 151. The zero-order chi connectivity index (χ0) is 71.6. The molecule has 2 bridgehead atoms. The number of halogens is 2. The van der Waals surface area contributed by atoms with E-state index in [2.05, 4.69) is 21.3 Å². The Morgan fingerprint density at radius 1 is 0.786 bits per heavy atom. The van der Waals surface area contributed by atoms with Gasteiger partial charge < -0.3 is 57.2 Å². The fraction of sp³-hybridized carbons (Fsp3) is 0.473. The lowest BCUT2D eigenvalue weighted by molar-refractivity contribution is -0.265. The molecule has 3 fully saturated rings. The van der Waals surface area contributed by atoms with Gasteiger partial charge in [0.15, 0.2) is 5.78 Å². The number of nitrogens with two attached hydrogens (primary N) is 2. The van der Waals surface area contributed by atoms with E-state index in [9.17, 15) is 57.8 Å². The van der Waals surface area contributed by atoms with Gasteiger partial charge in [-0.25, -0.2) is 14.0 Å². The van der Waals surface area contributed by atoms with Crippen molar-refractivity contribution in [2.24, 2.45) is 51.4 Å². The van der Waals surface area contributed by atoms with E-state index < -0.39 is 173 Å². The van der Waals surface area contributed by atoms with Gasteiger partial charge in [-0.2, -0.15) is 0 Å². The minimum atomic E-state index is -2.11. The highest BCUT2D eigenvalue weighted by atomic mass is 35.5. The number of benzene rings is 4. The van der Waals surface area contributed by atoms with E-state index in [0.717, 1.165) is 18.6 Å². The number of amides is 6. The van der Waals surface area contributed by atoms with Crippen LogP contribution in [0.2, 0.25) is 5.02 Å². The molecule has 0 aromatic heterocycles. The number of fused-ring (bicyclic) bond motifs is 5. The molecule has 8 rings (SSSR count). The molecule has 10 N–H and O–H groups in total. The minimum absolute atomic E-state index is 0.0378. The first-order valence-electron chi connectivity index (χ1n) is 33.2. The zero-order valence-corrected chi connectivity index (χ0v) is 56.9. The molecule has 4 aromatic rings. The maximum absolute atomic E-state index is 15.6. The molecule has 524 valence electrons. The predicted octanol–water partition coefficient (Wildman–Crippen LogP) is 7.59. The summed E-state index contributed by atoms with van der Waals surface area (Å²) in [5.41, 5.74) is 7.07. The van der Waals surface area contributed by atoms with Gasteiger partial charge in [-0.05, 0) is 136 Å². The van der Waals surface area contributed by atoms with E-state index in [1.54, 1.807) is 126 Å². The fourth-order valence-electron chi connectivity index (χ4n) is 15.1. The van der Waals surface area contributed by atoms with E-state index in [0.29, 0.717) is 29.6 Å². The smallest absolute Gasteiger partial charge is 0.350 e. The number of Topliss-reactive ketones (excluding diaryl/α,β-unsaturated/α-hetero) is 2. The van der Waals surface area contributed by atoms with Gasteiger partial charge in [-0.1, -0.05) is 112 Å². The number of unbranched alkanes of at least 4 members (excludes halogenated alkanes) is 1. The third kappa shape index (κ3) is 16.6. The van der Waals surface area contributed by atoms with Gasteiger partial charge in [-0.15, -0.1) is 0 Å². The van der Waals surface area contributed by atoms with Crippen LogP contribution in [-0.4, -0.2) is 124 Å². The Morgan fingerprint density at radius 2 is 1.43 bits per heavy atom. The molecule has 24 heteroatoms. The van der Waals surface area contributed by atoms with E-state index in [4.69, 9.17) is 37.3 Å². The molecule has 22 nitrogen and oxygen atoms in total. The third-order valence-corrected chi connectivity index (χ3v) is 21.1. The van der Waals surface area contributed by atoms with Crippen molar-refractivity contribution in [1.82, 2.24) is 21.3 Å². The lowest BCUT2D eigenvalue weighted by Gasteiger charge is -2.68. The van der Waals surface area contributed by atoms with Gasteiger partial charge >= 0.3 is 17.9 Å². The first kappa shape index (κ1) is 74.9. The third-order valence-electron chi connectivity index (χ3n) is 20.9. The summed E-state index contributed by atoms with van der Waals surface area (Å²) in [6, 6.07) is 24.7. The van der Waals surface area contributed by atoms with Crippen LogP contribution in [0.1, 0.15) is 163 Å². The standard InChI is InChI=1S/C74H88ClFN6O16/c1-41-54(40-74(95)65(98-69(93)47-23-15-10-16-24-47)63-72(6)35-34-49(72)38-55(84)73(63,7)64(89)42(2)60(41)71(74,4)5)96-70(94)62(61(45-19-11-8-12-20-45)82-68(92)46-21-13-9-14-22-46)97-59(88)33-32-56(85)79-36-18-17-25-52(67(78)91)81-58(87)31-28-48(66(77)90)37-53(83)43(3)80-57(86)30-27-44-26-29-50(75)39-51(44)76/h8-16,19-24,26-27,29-30,39,42-43,48-49,52,54-55,61-63,65,84,95H,17-18,25,28,31-38,40H2,1-7H3,(H2,77,90)(H2,78,91)(H,79,85)(H,80,86)(H,81,87)(H,82,92)/b30-27+/t42-,43?,48-,49-,52?,54+,55+,61+,62-,63-,65+,72-,73-,74-/m1/s1. The summed E-state index contributed by atoms with van der Waals surface area (Å²) in [7, 11) is 0. The highest BCUT2D eigenvalue weighted by molar-refractivity contribution is 6.30. The number of aliphatic hydroxyl groups excluding tert-OH is 1. The monoisotopic (exact) mass is 1370 g/mol. The van der Waals surface area contributed by atoms with Gasteiger partial charge in [0.25, 0.3) is 5.91 Å². The molecule has 6 amide bonds. The molecule has 0 radical (unpaired) electrons. The predicted molar refractivity (Wildman–Crippen MR) is 359 cm³/mol. The molecule has 0 heterocycles. The summed E-state index contributed by atoms with van der Waals surface area (Å²) in [6.45, 7) is 12.1. The maximum atomic E-state index is 15.6. The van der Waals surface area contributed by atoms with E-state index >= 15 is 9.59 Å². The highest BCUT2D eigenvalue weighted by Gasteiger charge is 2.74. The van der Waals surface area contributed by atoms with E-state index in [-0.39, 0.29) is 72.1 Å². The largest absolute Gasteiger partial charge is 0.455 e. The van der Waals surface area contributed by atoms with Crippen molar-refractivity contribution in [1.29, 1.82) is 0 Å². The number of nitrogens with one attached hydrogen (secondary N) is 4. The van der Waals surface area contributed by atoms with Crippen molar-refractivity contribution in [2.75, 3.05) is 6.54 Å². The van der Waals surface area contributed by atoms with Crippen molar-refractivity contribution >= 4 is 82.6 Å². The minimum Gasteiger partial charge on any atom is -0.455 e. The number of hydrogen-bond donors (Lipinski definition) is 8. The van der Waals surface area contributed by atoms with Crippen LogP contribution in [0.5, 0.6) is 0 Å². The number of primary amides is 2. The van der Waals surface area contributed by atoms with E-state index in [1.165, 1.54) is 25.1 Å². The molecule has 4 aromatic carbocycles. The Kier molecular flexibility index (Phi) is 24.2. The quantitative estimate of drug-likeness (QED) is 0.00853. The zero-order valence-electron chi connectivity index (χ0n) is 56.1. The lowest BCUT2D eigenvalue weighted by Crippen LogP contribution is -2.74. The molecule has 14 atom stereocenters. The average molecular weight is 1370 g/mol. The highest BCUT2D eigenvalue weighted by Crippen LogP contribution is 2.70. The second-order valence-corrected chi connectivity index (χ2v) is 27.8. The number of carbonyl (C=O) groups excluding carboxylic acids is 11. The van der Waals surface area contributed by atoms with Crippen molar-refractivity contribution in [3.8, 4) is 0 Å². The molecule has 0 saturated heterocycles. The second-order valence-electron chi connectivity index (χ2n) is 27.4. The summed E-state index contributed by atoms with van der Waals surface area (Å²) in [5, 5.41) is 36.9. The van der Waals surface area contributed by atoms with Crippen LogP contribution in [0.4, 0.5) is 4.39 Å².